The first kappa shape index (κ1) is 12.9. The molecular formula is C14H20N2O2. The highest BCUT2D eigenvalue weighted by Crippen LogP contribution is 2.17. The molecule has 1 saturated heterocycles. The number of hydrogen-bond donors (Lipinski definition) is 1. The van der Waals surface area contributed by atoms with E-state index in [1.807, 2.05) is 11.8 Å². The van der Waals surface area contributed by atoms with E-state index in [-0.39, 0.29) is 22.9 Å². The van der Waals surface area contributed by atoms with Gasteiger partial charge in [-0.25, -0.2) is 0 Å². The molecule has 1 atom stereocenters. The van der Waals surface area contributed by atoms with Crippen LogP contribution < -0.4 is 5.43 Å². The summed E-state index contributed by atoms with van der Waals surface area (Å²) in [6.45, 7) is 4.63. The van der Waals surface area contributed by atoms with E-state index in [9.17, 15) is 9.59 Å². The Hall–Kier alpha value is -1.58. The molecule has 1 unspecified atom stereocenters. The fourth-order valence-corrected chi connectivity index (χ4v) is 2.47. The second kappa shape index (κ2) is 5.38. The van der Waals surface area contributed by atoms with Crippen LogP contribution in [0.3, 0.4) is 0 Å². The Morgan fingerprint density at radius 2 is 2.17 bits per heavy atom. The Labute approximate surface area is 107 Å². The molecule has 1 aliphatic rings. The van der Waals surface area contributed by atoms with Gasteiger partial charge in [-0.2, -0.15) is 0 Å². The molecule has 0 aromatic carbocycles. The SMILES string of the molecule is Cc1cc(=O)c(C(=O)N2CCCCCC2C)c[nH]1. The van der Waals surface area contributed by atoms with Gasteiger partial charge in [-0.3, -0.25) is 9.59 Å². The van der Waals surface area contributed by atoms with Crippen molar-refractivity contribution in [1.29, 1.82) is 0 Å². The van der Waals surface area contributed by atoms with Crippen LogP contribution in [0.1, 0.15) is 48.7 Å². The summed E-state index contributed by atoms with van der Waals surface area (Å²) >= 11 is 0. The maximum Gasteiger partial charge on any atom is 0.259 e. The fraction of sp³-hybridized carbons (Fsp3) is 0.571. The van der Waals surface area contributed by atoms with Gasteiger partial charge in [-0.05, 0) is 26.7 Å². The molecule has 1 aromatic rings. The largest absolute Gasteiger partial charge is 0.364 e. The van der Waals surface area contributed by atoms with Crippen LogP contribution in [0.25, 0.3) is 0 Å². The second-order valence-electron chi connectivity index (χ2n) is 5.09. The number of carbonyl (C=O) groups excluding carboxylic acids is 1. The quantitative estimate of drug-likeness (QED) is 0.827. The second-order valence-corrected chi connectivity index (χ2v) is 5.09. The van der Waals surface area contributed by atoms with Crippen molar-refractivity contribution in [1.82, 2.24) is 9.88 Å². The number of H-pyrrole nitrogens is 1. The molecule has 1 amide bonds. The van der Waals surface area contributed by atoms with Gasteiger partial charge in [-0.1, -0.05) is 12.8 Å². The van der Waals surface area contributed by atoms with Crippen LogP contribution in [0, 0.1) is 6.92 Å². The van der Waals surface area contributed by atoms with Gasteiger partial charge >= 0.3 is 0 Å². The summed E-state index contributed by atoms with van der Waals surface area (Å²) in [7, 11) is 0. The number of carbonyl (C=O) groups is 1. The fourth-order valence-electron chi connectivity index (χ4n) is 2.47. The molecule has 2 heterocycles. The summed E-state index contributed by atoms with van der Waals surface area (Å²) in [6, 6.07) is 1.70. The number of nitrogens with zero attached hydrogens (tertiary/aromatic N) is 1. The van der Waals surface area contributed by atoms with E-state index < -0.39 is 0 Å². The standard InChI is InChI=1S/C14H20N2O2/c1-10-8-13(17)12(9-15-10)14(18)16-7-5-3-4-6-11(16)2/h8-9,11H,3-7H2,1-2H3,(H,15,17). The summed E-state index contributed by atoms with van der Waals surface area (Å²) in [6.07, 6.45) is 5.92. The minimum atomic E-state index is -0.187. The molecule has 0 radical (unpaired) electrons. The first-order chi connectivity index (χ1) is 8.59. The molecule has 4 heteroatoms. The average molecular weight is 248 g/mol. The minimum Gasteiger partial charge on any atom is -0.364 e. The lowest BCUT2D eigenvalue weighted by Gasteiger charge is -2.26. The van der Waals surface area contributed by atoms with E-state index in [0.29, 0.717) is 0 Å². The van der Waals surface area contributed by atoms with Crippen molar-refractivity contribution in [2.75, 3.05) is 6.54 Å². The highest BCUT2D eigenvalue weighted by atomic mass is 16.2. The number of aryl methyl sites for hydroxylation is 1. The van der Waals surface area contributed by atoms with Gasteiger partial charge in [0.1, 0.15) is 5.56 Å². The Bertz CT molecular complexity index is 493. The maximum atomic E-state index is 12.4. The van der Waals surface area contributed by atoms with Gasteiger partial charge in [0.05, 0.1) is 0 Å². The Kier molecular flexibility index (Phi) is 3.84. The maximum absolute atomic E-state index is 12.4. The zero-order valence-corrected chi connectivity index (χ0v) is 11.0. The monoisotopic (exact) mass is 248 g/mol. The smallest absolute Gasteiger partial charge is 0.259 e. The van der Waals surface area contributed by atoms with E-state index in [1.54, 1.807) is 0 Å². The van der Waals surface area contributed by atoms with E-state index >= 15 is 0 Å². The van der Waals surface area contributed by atoms with Crippen LogP contribution in [0.2, 0.25) is 0 Å². The summed E-state index contributed by atoms with van der Waals surface area (Å²) in [5, 5.41) is 0. The van der Waals surface area contributed by atoms with Gasteiger partial charge < -0.3 is 9.88 Å². The van der Waals surface area contributed by atoms with Crippen molar-refractivity contribution in [2.45, 2.75) is 45.6 Å². The van der Waals surface area contributed by atoms with Crippen LogP contribution >= 0.6 is 0 Å². The van der Waals surface area contributed by atoms with Crippen LogP contribution in [0.5, 0.6) is 0 Å². The number of nitrogens with one attached hydrogen (secondary N) is 1. The molecule has 1 aliphatic heterocycles. The normalized spacial score (nSPS) is 20.6. The van der Waals surface area contributed by atoms with Crippen molar-refractivity contribution < 1.29 is 4.79 Å². The van der Waals surface area contributed by atoms with Crippen LogP contribution in [0.4, 0.5) is 0 Å². The number of aromatic nitrogens is 1. The van der Waals surface area contributed by atoms with Crippen molar-refractivity contribution in [2.24, 2.45) is 0 Å². The van der Waals surface area contributed by atoms with Gasteiger partial charge in [0, 0.05) is 30.5 Å². The lowest BCUT2D eigenvalue weighted by atomic mass is 10.1. The van der Waals surface area contributed by atoms with Crippen LogP contribution in [-0.2, 0) is 0 Å². The first-order valence-electron chi connectivity index (χ1n) is 6.60. The number of rotatable bonds is 1. The number of amides is 1. The lowest BCUT2D eigenvalue weighted by Crippen LogP contribution is -2.40. The number of aromatic amines is 1. The van der Waals surface area contributed by atoms with Gasteiger partial charge in [0.25, 0.3) is 5.91 Å². The average Bonchev–Trinajstić information content (AvgIpc) is 2.53. The van der Waals surface area contributed by atoms with Crippen LogP contribution in [-0.4, -0.2) is 28.4 Å². The number of hydrogen-bond acceptors (Lipinski definition) is 2. The third-order valence-corrected chi connectivity index (χ3v) is 3.60. The van der Waals surface area contributed by atoms with E-state index in [2.05, 4.69) is 11.9 Å². The zero-order valence-electron chi connectivity index (χ0n) is 11.0. The summed E-state index contributed by atoms with van der Waals surface area (Å²) < 4.78 is 0. The molecule has 1 fully saturated rings. The van der Waals surface area contributed by atoms with Crippen molar-refractivity contribution in [3.05, 3.63) is 33.7 Å². The van der Waals surface area contributed by atoms with Gasteiger partial charge in [-0.15, -0.1) is 0 Å². The zero-order chi connectivity index (χ0) is 13.1. The first-order valence-corrected chi connectivity index (χ1v) is 6.60. The van der Waals surface area contributed by atoms with Crippen molar-refractivity contribution in [3.8, 4) is 0 Å². The molecule has 4 nitrogen and oxygen atoms in total. The number of pyridine rings is 1. The van der Waals surface area contributed by atoms with E-state index in [4.69, 9.17) is 0 Å². The predicted molar refractivity (Wildman–Crippen MR) is 70.8 cm³/mol. The topological polar surface area (TPSA) is 53.2 Å². The molecule has 1 aromatic heterocycles. The minimum absolute atomic E-state index is 0.134. The third kappa shape index (κ3) is 2.63. The molecule has 98 valence electrons. The van der Waals surface area contributed by atoms with Crippen molar-refractivity contribution >= 4 is 5.91 Å². The summed E-state index contributed by atoms with van der Waals surface area (Å²) in [5.41, 5.74) is 0.850. The highest BCUT2D eigenvalue weighted by molar-refractivity contribution is 5.94. The van der Waals surface area contributed by atoms with Crippen molar-refractivity contribution in [3.63, 3.8) is 0 Å². The molecule has 2 rings (SSSR count). The highest BCUT2D eigenvalue weighted by Gasteiger charge is 2.24. The summed E-state index contributed by atoms with van der Waals surface area (Å²) in [5.74, 6) is -0.134. The van der Waals surface area contributed by atoms with Crippen LogP contribution in [0.15, 0.2) is 17.1 Å². The molecule has 0 saturated carbocycles. The molecule has 0 spiro atoms. The number of likely N-dealkylation sites (tertiary alicyclic amines) is 1. The third-order valence-electron chi connectivity index (χ3n) is 3.60. The van der Waals surface area contributed by atoms with Gasteiger partial charge in [0.2, 0.25) is 0 Å². The van der Waals surface area contributed by atoms with E-state index in [1.165, 1.54) is 18.7 Å². The lowest BCUT2D eigenvalue weighted by molar-refractivity contribution is 0.0696. The molecule has 0 aliphatic carbocycles. The van der Waals surface area contributed by atoms with Gasteiger partial charge in [0.15, 0.2) is 5.43 Å². The Morgan fingerprint density at radius 3 is 2.89 bits per heavy atom. The Balaban J connectivity index is 2.26. The summed E-state index contributed by atoms with van der Waals surface area (Å²) in [4.78, 5) is 29.0. The molecule has 0 bridgehead atoms. The Morgan fingerprint density at radius 1 is 1.39 bits per heavy atom. The molecule has 1 N–H and O–H groups in total. The predicted octanol–water partition coefficient (Wildman–Crippen LogP) is 2.09. The molecule has 18 heavy (non-hydrogen) atoms. The van der Waals surface area contributed by atoms with E-state index in [0.717, 1.165) is 31.5 Å². The molecular weight excluding hydrogens is 228 g/mol.